The maximum absolute atomic E-state index is 5.87. The summed E-state index contributed by atoms with van der Waals surface area (Å²) < 4.78 is 1.51. The fourth-order valence-electron chi connectivity index (χ4n) is 1.82. The van der Waals surface area contributed by atoms with Gasteiger partial charge >= 0.3 is 0 Å². The van der Waals surface area contributed by atoms with Gasteiger partial charge in [-0.25, -0.2) is 0 Å². The van der Waals surface area contributed by atoms with Crippen LogP contribution >= 0.6 is 23.4 Å². The second-order valence-corrected chi connectivity index (χ2v) is 5.87. The predicted molar refractivity (Wildman–Crippen MR) is 85.8 cm³/mol. The molecule has 0 aliphatic carbocycles. The van der Waals surface area contributed by atoms with Crippen LogP contribution in [0, 0.1) is 0 Å². The molecule has 0 amide bonds. The van der Waals surface area contributed by atoms with E-state index in [1.54, 1.807) is 11.8 Å². The molecule has 2 aromatic carbocycles. The fourth-order valence-corrected chi connectivity index (χ4v) is 2.77. The van der Waals surface area contributed by atoms with E-state index in [-0.39, 0.29) is 11.9 Å². The molecule has 1 aromatic heterocycles. The van der Waals surface area contributed by atoms with Crippen molar-refractivity contribution in [3.63, 3.8) is 0 Å². The Labute approximate surface area is 130 Å². The maximum atomic E-state index is 5.87. The molecule has 7 heteroatoms. The molecular weight excluding hydrogens is 306 g/mol. The SMILES string of the molecule is Nc1nc(N)n(-c2ccc(Sc3ccc(Cl)cc3)cc2)n1. The number of halogens is 1. The van der Waals surface area contributed by atoms with Gasteiger partial charge in [0.2, 0.25) is 11.9 Å². The summed E-state index contributed by atoms with van der Waals surface area (Å²) in [5, 5.41) is 4.77. The molecule has 21 heavy (non-hydrogen) atoms. The van der Waals surface area contributed by atoms with E-state index in [1.165, 1.54) is 4.68 Å². The molecule has 0 aliphatic rings. The molecule has 0 spiro atoms. The largest absolute Gasteiger partial charge is 0.368 e. The number of benzene rings is 2. The topological polar surface area (TPSA) is 82.7 Å². The Hall–Kier alpha value is -2.18. The van der Waals surface area contributed by atoms with Crippen molar-refractivity contribution in [3.8, 4) is 5.69 Å². The van der Waals surface area contributed by atoms with Gasteiger partial charge in [0.25, 0.3) is 0 Å². The van der Waals surface area contributed by atoms with Crippen LogP contribution in [-0.4, -0.2) is 14.8 Å². The first-order chi connectivity index (χ1) is 10.1. The lowest BCUT2D eigenvalue weighted by molar-refractivity contribution is 0.894. The summed E-state index contributed by atoms with van der Waals surface area (Å²) in [6, 6.07) is 15.5. The fraction of sp³-hybridized carbons (Fsp3) is 0. The van der Waals surface area contributed by atoms with E-state index < -0.39 is 0 Å². The van der Waals surface area contributed by atoms with Gasteiger partial charge in [-0.2, -0.15) is 9.67 Å². The summed E-state index contributed by atoms with van der Waals surface area (Å²) in [5.74, 6) is 0.428. The highest BCUT2D eigenvalue weighted by molar-refractivity contribution is 7.99. The van der Waals surface area contributed by atoms with Gasteiger partial charge in [-0.3, -0.25) is 0 Å². The van der Waals surface area contributed by atoms with E-state index in [4.69, 9.17) is 23.1 Å². The summed E-state index contributed by atoms with van der Waals surface area (Å²) in [7, 11) is 0. The van der Waals surface area contributed by atoms with Gasteiger partial charge in [0.05, 0.1) is 5.69 Å². The highest BCUT2D eigenvalue weighted by atomic mass is 35.5. The molecular formula is C14H12ClN5S. The van der Waals surface area contributed by atoms with Crippen LogP contribution in [0.15, 0.2) is 58.3 Å². The number of hydrogen-bond donors (Lipinski definition) is 2. The van der Waals surface area contributed by atoms with Crippen molar-refractivity contribution in [1.82, 2.24) is 14.8 Å². The minimum absolute atomic E-state index is 0.159. The normalized spacial score (nSPS) is 10.7. The van der Waals surface area contributed by atoms with E-state index in [2.05, 4.69) is 10.1 Å². The first kappa shape index (κ1) is 13.8. The summed E-state index contributed by atoms with van der Waals surface area (Å²) in [4.78, 5) is 6.10. The van der Waals surface area contributed by atoms with Crippen LogP contribution in [-0.2, 0) is 0 Å². The number of nitrogen functional groups attached to an aromatic ring is 2. The molecule has 0 saturated carbocycles. The van der Waals surface area contributed by atoms with Crippen LogP contribution in [0.1, 0.15) is 0 Å². The number of anilines is 2. The zero-order chi connectivity index (χ0) is 14.8. The molecule has 3 aromatic rings. The Kier molecular flexibility index (Phi) is 3.72. The second kappa shape index (κ2) is 5.67. The molecule has 0 aliphatic heterocycles. The third-order valence-corrected chi connectivity index (χ3v) is 4.05. The molecule has 3 rings (SSSR count). The molecule has 106 valence electrons. The molecule has 5 nitrogen and oxygen atoms in total. The van der Waals surface area contributed by atoms with Crippen molar-refractivity contribution in [1.29, 1.82) is 0 Å². The van der Waals surface area contributed by atoms with E-state index in [9.17, 15) is 0 Å². The van der Waals surface area contributed by atoms with E-state index in [0.717, 1.165) is 20.5 Å². The lowest BCUT2D eigenvalue weighted by Gasteiger charge is -2.05. The lowest BCUT2D eigenvalue weighted by atomic mass is 10.3. The zero-order valence-electron chi connectivity index (χ0n) is 10.9. The Morgan fingerprint density at radius 2 is 1.48 bits per heavy atom. The van der Waals surface area contributed by atoms with Crippen molar-refractivity contribution < 1.29 is 0 Å². The Morgan fingerprint density at radius 3 is 2.00 bits per heavy atom. The molecule has 0 radical (unpaired) electrons. The van der Waals surface area contributed by atoms with Gasteiger partial charge in [-0.05, 0) is 48.5 Å². The molecule has 0 fully saturated rings. The molecule has 0 bridgehead atoms. The minimum atomic E-state index is 0.159. The van der Waals surface area contributed by atoms with Crippen molar-refractivity contribution in [2.45, 2.75) is 9.79 Å². The van der Waals surface area contributed by atoms with Gasteiger partial charge in [0.1, 0.15) is 0 Å². The second-order valence-electron chi connectivity index (χ2n) is 4.29. The van der Waals surface area contributed by atoms with Crippen LogP contribution in [0.3, 0.4) is 0 Å². The number of nitrogens with two attached hydrogens (primary N) is 2. The Balaban J connectivity index is 1.81. The van der Waals surface area contributed by atoms with Crippen LogP contribution in [0.4, 0.5) is 11.9 Å². The third-order valence-electron chi connectivity index (χ3n) is 2.78. The van der Waals surface area contributed by atoms with Crippen molar-refractivity contribution in [2.75, 3.05) is 11.5 Å². The van der Waals surface area contributed by atoms with Gasteiger partial charge in [0.15, 0.2) is 0 Å². The maximum Gasteiger partial charge on any atom is 0.241 e. The first-order valence-electron chi connectivity index (χ1n) is 6.14. The third kappa shape index (κ3) is 3.12. The molecule has 1 heterocycles. The van der Waals surface area contributed by atoms with Gasteiger partial charge in [-0.1, -0.05) is 23.4 Å². The minimum Gasteiger partial charge on any atom is -0.368 e. The molecule has 0 atom stereocenters. The van der Waals surface area contributed by atoms with Gasteiger partial charge in [0, 0.05) is 14.8 Å². The average Bonchev–Trinajstić information content (AvgIpc) is 2.81. The van der Waals surface area contributed by atoms with Crippen LogP contribution in [0.2, 0.25) is 5.02 Å². The average molecular weight is 318 g/mol. The van der Waals surface area contributed by atoms with E-state index in [0.29, 0.717) is 0 Å². The lowest BCUT2D eigenvalue weighted by Crippen LogP contribution is -2.02. The number of hydrogen-bond acceptors (Lipinski definition) is 5. The Morgan fingerprint density at radius 1 is 0.905 bits per heavy atom. The molecule has 0 unspecified atom stereocenters. The van der Waals surface area contributed by atoms with E-state index >= 15 is 0 Å². The van der Waals surface area contributed by atoms with Crippen LogP contribution in [0.25, 0.3) is 5.69 Å². The summed E-state index contributed by atoms with van der Waals surface area (Å²) in [6.07, 6.45) is 0. The van der Waals surface area contributed by atoms with Crippen LogP contribution < -0.4 is 11.5 Å². The highest BCUT2D eigenvalue weighted by Crippen LogP contribution is 2.29. The smallest absolute Gasteiger partial charge is 0.241 e. The summed E-state index contributed by atoms with van der Waals surface area (Å²) >= 11 is 7.52. The van der Waals surface area contributed by atoms with Crippen molar-refractivity contribution in [2.24, 2.45) is 0 Å². The zero-order valence-corrected chi connectivity index (χ0v) is 12.5. The Bertz CT molecular complexity index is 752. The number of rotatable bonds is 3. The number of nitrogens with zero attached hydrogens (tertiary/aromatic N) is 3. The van der Waals surface area contributed by atoms with Crippen molar-refractivity contribution in [3.05, 3.63) is 53.6 Å². The van der Waals surface area contributed by atoms with Crippen LogP contribution in [0.5, 0.6) is 0 Å². The van der Waals surface area contributed by atoms with Gasteiger partial charge in [-0.15, -0.1) is 5.10 Å². The van der Waals surface area contributed by atoms with Gasteiger partial charge < -0.3 is 11.5 Å². The highest BCUT2D eigenvalue weighted by Gasteiger charge is 2.06. The first-order valence-corrected chi connectivity index (χ1v) is 7.33. The predicted octanol–water partition coefficient (Wildman–Crippen LogP) is 3.24. The van der Waals surface area contributed by atoms with Crippen molar-refractivity contribution >= 4 is 35.3 Å². The standard InChI is InChI=1S/C14H12ClN5S/c15-9-1-5-11(6-2-9)21-12-7-3-10(4-8-12)20-14(17)18-13(16)19-20/h1-8H,(H4,16,17,18,19). The number of aromatic nitrogens is 3. The molecule has 0 saturated heterocycles. The molecule has 4 N–H and O–H groups in total. The summed E-state index contributed by atoms with van der Waals surface area (Å²) in [6.45, 7) is 0. The monoisotopic (exact) mass is 317 g/mol. The summed E-state index contributed by atoms with van der Waals surface area (Å²) in [5.41, 5.74) is 12.1. The quantitative estimate of drug-likeness (QED) is 0.775. The van der Waals surface area contributed by atoms with E-state index in [1.807, 2.05) is 48.5 Å².